The molecule has 0 aromatic heterocycles. The summed E-state index contributed by atoms with van der Waals surface area (Å²) >= 11 is 1.18. The number of halogens is 4. The number of aryl methyl sites for hydroxylation is 2. The van der Waals surface area contributed by atoms with Gasteiger partial charge in [-0.1, -0.05) is 194 Å². The summed E-state index contributed by atoms with van der Waals surface area (Å²) in [6.45, 7) is 4.51. The molecule has 0 saturated carbocycles. The van der Waals surface area contributed by atoms with Crippen LogP contribution in [0.1, 0.15) is 121 Å². The second kappa shape index (κ2) is 26.1. The fourth-order valence-electron chi connectivity index (χ4n) is 6.13. The number of hydrogen-bond donors (Lipinski definition) is 0. The Hall–Kier alpha value is -2.70. The molecule has 0 aliphatic heterocycles. The minimum Gasteiger partial charge on any atom is -0.198 e. The average molecular weight is 739 g/mol. The van der Waals surface area contributed by atoms with Crippen LogP contribution in [0.3, 0.4) is 0 Å². The van der Waals surface area contributed by atoms with E-state index in [1.165, 1.54) is 107 Å². The van der Waals surface area contributed by atoms with Crippen molar-refractivity contribution in [2.45, 2.75) is 144 Å². The van der Waals surface area contributed by atoms with Crippen LogP contribution in [-0.2, 0) is 12.8 Å². The molecule has 0 fully saturated rings. The Labute approximate surface area is 314 Å². The molecule has 51 heavy (non-hydrogen) atoms. The third-order valence-electron chi connectivity index (χ3n) is 9.12. The van der Waals surface area contributed by atoms with Crippen molar-refractivity contribution < 1.29 is 17.6 Å². The Balaban J connectivity index is 0.000000276. The van der Waals surface area contributed by atoms with Gasteiger partial charge in [0.15, 0.2) is 0 Å². The van der Waals surface area contributed by atoms with E-state index in [-0.39, 0.29) is 0 Å². The van der Waals surface area contributed by atoms with E-state index in [2.05, 4.69) is 62.4 Å². The molecule has 6 heteroatoms. The van der Waals surface area contributed by atoms with E-state index in [0.29, 0.717) is 33.3 Å². The van der Waals surface area contributed by atoms with E-state index in [4.69, 9.17) is 0 Å². The summed E-state index contributed by atoms with van der Waals surface area (Å²) in [5.41, 5.74) is 7.17. The first-order valence-electron chi connectivity index (χ1n) is 19.2. The molecule has 278 valence electrons. The molecule has 0 N–H and O–H groups in total. The largest absolute Gasteiger partial charge is 0.288 e. The fraction of sp³-hybridized carbons (Fsp3) is 0.467. The minimum atomic E-state index is -2.36. The van der Waals surface area contributed by atoms with Crippen LogP contribution < -0.4 is 0 Å². The minimum absolute atomic E-state index is 0.589. The van der Waals surface area contributed by atoms with E-state index < -0.39 is 11.5 Å². The van der Waals surface area contributed by atoms with E-state index in [9.17, 15) is 17.6 Å². The monoisotopic (exact) mass is 738 g/mol. The molecule has 4 aromatic carbocycles. The highest BCUT2D eigenvalue weighted by Gasteiger charge is 2.07. The first-order valence-corrected chi connectivity index (χ1v) is 20.9. The molecule has 0 spiro atoms. The van der Waals surface area contributed by atoms with Crippen molar-refractivity contribution in [3.63, 3.8) is 0 Å². The topological polar surface area (TPSA) is 0 Å². The van der Waals surface area contributed by atoms with Gasteiger partial charge in [-0.3, -0.25) is 0 Å². The summed E-state index contributed by atoms with van der Waals surface area (Å²) in [5.74, 6) is -4.73. The van der Waals surface area contributed by atoms with Crippen molar-refractivity contribution in [3.8, 4) is 22.3 Å². The van der Waals surface area contributed by atoms with Gasteiger partial charge in [-0.2, -0.15) is 17.6 Å². The van der Waals surface area contributed by atoms with Crippen LogP contribution in [0.15, 0.2) is 107 Å². The van der Waals surface area contributed by atoms with Crippen molar-refractivity contribution in [2.75, 3.05) is 0 Å². The smallest absolute Gasteiger partial charge is 0.198 e. The van der Waals surface area contributed by atoms with Gasteiger partial charge < -0.3 is 0 Å². The second-order valence-corrected chi connectivity index (χ2v) is 15.4. The van der Waals surface area contributed by atoms with Crippen molar-refractivity contribution in [2.24, 2.45) is 0 Å². The maximum absolute atomic E-state index is 12.4. The highest BCUT2D eigenvalue weighted by atomic mass is 32.2. The van der Waals surface area contributed by atoms with Gasteiger partial charge in [0.1, 0.15) is 0 Å². The molecule has 0 nitrogen and oxygen atoms in total. The summed E-state index contributed by atoms with van der Waals surface area (Å²) in [4.78, 5) is 1.21. The van der Waals surface area contributed by atoms with Gasteiger partial charge in [0.05, 0.1) is 0 Å². The molecule has 0 aliphatic rings. The van der Waals surface area contributed by atoms with Crippen LogP contribution in [0, 0.1) is 0 Å². The van der Waals surface area contributed by atoms with Crippen LogP contribution >= 0.6 is 23.5 Å². The van der Waals surface area contributed by atoms with Gasteiger partial charge in [0.25, 0.3) is 11.5 Å². The van der Waals surface area contributed by atoms with Gasteiger partial charge >= 0.3 is 0 Å². The first kappa shape index (κ1) is 42.7. The summed E-state index contributed by atoms with van der Waals surface area (Å²) in [6, 6.07) is 32.0. The highest BCUT2D eigenvalue weighted by molar-refractivity contribution is 7.99. The summed E-state index contributed by atoms with van der Waals surface area (Å²) < 4.78 is 49.5. The quantitative estimate of drug-likeness (QED) is 0.0422. The predicted molar refractivity (Wildman–Crippen MR) is 215 cm³/mol. The van der Waals surface area contributed by atoms with E-state index in [0.717, 1.165) is 35.1 Å². The Bertz CT molecular complexity index is 1420. The zero-order valence-corrected chi connectivity index (χ0v) is 32.4. The molecular weight excluding hydrogens is 681 g/mol. The Morgan fingerprint density at radius 2 is 0.608 bits per heavy atom. The highest BCUT2D eigenvalue weighted by Crippen LogP contribution is 2.30. The lowest BCUT2D eigenvalue weighted by molar-refractivity contribution is 0.251. The lowest BCUT2D eigenvalue weighted by atomic mass is 10.0. The maximum Gasteiger partial charge on any atom is 0.288 e. The summed E-state index contributed by atoms with van der Waals surface area (Å²) in [7, 11) is 0. The van der Waals surface area contributed by atoms with E-state index >= 15 is 0 Å². The Morgan fingerprint density at radius 3 is 0.882 bits per heavy atom. The van der Waals surface area contributed by atoms with Gasteiger partial charge in [-0.05, 0) is 83.3 Å². The summed E-state index contributed by atoms with van der Waals surface area (Å²) in [5, 5.41) is 0. The molecule has 0 atom stereocenters. The number of hydrogen-bond acceptors (Lipinski definition) is 2. The maximum atomic E-state index is 12.4. The van der Waals surface area contributed by atoms with Crippen molar-refractivity contribution in [1.29, 1.82) is 0 Å². The fourth-order valence-corrected chi connectivity index (χ4v) is 7.13. The Morgan fingerprint density at radius 1 is 0.353 bits per heavy atom. The normalized spacial score (nSPS) is 11.2. The van der Waals surface area contributed by atoms with Gasteiger partial charge in [-0.25, -0.2) is 0 Å². The van der Waals surface area contributed by atoms with Crippen molar-refractivity contribution in [1.82, 2.24) is 0 Å². The zero-order valence-electron chi connectivity index (χ0n) is 30.7. The standard InChI is InChI=1S/C23H30F2S.C22H28F2S/c1-2-3-4-5-6-7-8-9-10-19-11-13-20(14-12-19)21-15-17-22(18-16-21)26-23(24)25;1-2-3-4-5-6-7-8-9-18-10-12-19(13-11-18)20-14-16-21(17-15-20)25-22(23)24/h11-18,23H,2-10H2,1H3;10-17,22H,2-9H2,1H3. The number of benzene rings is 4. The molecule has 0 amide bonds. The number of unbranched alkanes of at least 4 members (excludes halogenated alkanes) is 13. The van der Waals surface area contributed by atoms with Crippen LogP contribution in [-0.4, -0.2) is 11.5 Å². The Kier molecular flexibility index (Phi) is 21.9. The van der Waals surface area contributed by atoms with Crippen LogP contribution in [0.25, 0.3) is 22.3 Å². The number of thioether (sulfide) groups is 2. The molecular formula is C45H58F4S2. The molecule has 0 aliphatic carbocycles. The third-order valence-corrected chi connectivity index (χ3v) is 10.6. The van der Waals surface area contributed by atoms with Crippen LogP contribution in [0.5, 0.6) is 0 Å². The third kappa shape index (κ3) is 18.6. The number of alkyl halides is 4. The summed E-state index contributed by atoms with van der Waals surface area (Å²) in [6.07, 6.45) is 22.4. The average Bonchev–Trinajstić information content (AvgIpc) is 3.13. The zero-order chi connectivity index (χ0) is 36.5. The van der Waals surface area contributed by atoms with Crippen molar-refractivity contribution >= 4 is 23.5 Å². The first-order chi connectivity index (χ1) is 24.9. The molecule has 0 unspecified atom stereocenters. The van der Waals surface area contributed by atoms with Crippen LogP contribution in [0.2, 0.25) is 0 Å². The van der Waals surface area contributed by atoms with Gasteiger partial charge in [0, 0.05) is 9.79 Å². The SMILES string of the molecule is CCCCCCCCCCc1ccc(-c2ccc(SC(F)F)cc2)cc1.CCCCCCCCCc1ccc(-c2ccc(SC(F)F)cc2)cc1. The lowest BCUT2D eigenvalue weighted by Crippen LogP contribution is -1.87. The van der Waals surface area contributed by atoms with E-state index in [1.807, 2.05) is 24.3 Å². The predicted octanol–water partition coefficient (Wildman–Crippen LogP) is 16.3. The molecule has 0 saturated heterocycles. The van der Waals surface area contributed by atoms with E-state index in [1.54, 1.807) is 24.3 Å². The molecule has 4 aromatic rings. The second-order valence-electron chi connectivity index (χ2n) is 13.3. The lowest BCUT2D eigenvalue weighted by Gasteiger charge is -2.06. The molecule has 4 rings (SSSR count). The van der Waals surface area contributed by atoms with Gasteiger partial charge in [-0.15, -0.1) is 0 Å². The molecule has 0 bridgehead atoms. The molecule has 0 radical (unpaired) electrons. The van der Waals surface area contributed by atoms with Crippen molar-refractivity contribution in [3.05, 3.63) is 108 Å². The van der Waals surface area contributed by atoms with Gasteiger partial charge in [0.2, 0.25) is 0 Å². The number of rotatable bonds is 23. The molecule has 0 heterocycles. The van der Waals surface area contributed by atoms with Crippen LogP contribution in [0.4, 0.5) is 17.6 Å².